The third-order valence-electron chi connectivity index (χ3n) is 1.79. The Morgan fingerprint density at radius 2 is 2.46 bits per heavy atom. The molecule has 2 aromatic rings. The maximum Gasteiger partial charge on any atom is 0.280 e. The summed E-state index contributed by atoms with van der Waals surface area (Å²) in [4.78, 5) is 21.6. The first-order valence-electron chi connectivity index (χ1n) is 3.83. The lowest BCUT2D eigenvalue weighted by atomic mass is 10.5. The minimum atomic E-state index is -0.304. The van der Waals surface area contributed by atoms with Crippen LogP contribution in [0.25, 0.3) is 11.2 Å². The van der Waals surface area contributed by atoms with Crippen molar-refractivity contribution in [1.29, 1.82) is 0 Å². The molecule has 0 saturated carbocycles. The largest absolute Gasteiger partial charge is 0.315 e. The van der Waals surface area contributed by atoms with Gasteiger partial charge in [0.1, 0.15) is 0 Å². The number of hydrogen-bond donors (Lipinski definition) is 1. The highest BCUT2D eigenvalue weighted by Crippen LogP contribution is 2.07. The monoisotopic (exact) mass is 198 g/mol. The summed E-state index contributed by atoms with van der Waals surface area (Å²) in [5.74, 6) is 0. The van der Waals surface area contributed by atoms with E-state index < -0.39 is 0 Å². The summed E-state index contributed by atoms with van der Waals surface area (Å²) in [5.41, 5.74) is 0.546. The summed E-state index contributed by atoms with van der Waals surface area (Å²) < 4.78 is 1.76. The fourth-order valence-electron chi connectivity index (χ4n) is 1.16. The lowest BCUT2D eigenvalue weighted by molar-refractivity contribution is 0.777. The molecule has 68 valence electrons. The summed E-state index contributed by atoms with van der Waals surface area (Å²) in [6.07, 6.45) is 1.57. The van der Waals surface area contributed by atoms with Gasteiger partial charge in [0.2, 0.25) is 5.28 Å². The van der Waals surface area contributed by atoms with Gasteiger partial charge >= 0.3 is 0 Å². The second-order valence-electron chi connectivity index (χ2n) is 2.56. The Hall–Kier alpha value is -1.36. The maximum atomic E-state index is 11.3. The molecular weight excluding hydrogens is 192 g/mol. The second-order valence-corrected chi connectivity index (χ2v) is 2.92. The Morgan fingerprint density at radius 1 is 1.69 bits per heavy atom. The highest BCUT2D eigenvalue weighted by Gasteiger charge is 2.07. The molecule has 0 aromatic carbocycles. The van der Waals surface area contributed by atoms with E-state index in [2.05, 4.69) is 15.0 Å². The van der Waals surface area contributed by atoms with Crippen molar-refractivity contribution >= 4 is 22.8 Å². The van der Waals surface area contributed by atoms with E-state index in [4.69, 9.17) is 11.6 Å². The number of aromatic nitrogens is 4. The van der Waals surface area contributed by atoms with Gasteiger partial charge in [-0.15, -0.1) is 0 Å². The van der Waals surface area contributed by atoms with Gasteiger partial charge < -0.3 is 4.57 Å². The Balaban J connectivity index is 2.90. The highest BCUT2D eigenvalue weighted by atomic mass is 35.5. The van der Waals surface area contributed by atoms with Crippen molar-refractivity contribution in [2.75, 3.05) is 0 Å². The SMILES string of the molecule is CCn1cnc2c(=O)[nH]c(Cl)nc21. The van der Waals surface area contributed by atoms with Crippen LogP contribution >= 0.6 is 11.6 Å². The van der Waals surface area contributed by atoms with Crippen molar-refractivity contribution in [1.82, 2.24) is 19.5 Å². The molecule has 2 heterocycles. The number of imidazole rings is 1. The number of aromatic amines is 1. The summed E-state index contributed by atoms with van der Waals surface area (Å²) in [7, 11) is 0. The molecule has 1 N–H and O–H groups in total. The molecular formula is C7H7ClN4O. The van der Waals surface area contributed by atoms with Crippen molar-refractivity contribution in [3.05, 3.63) is 22.0 Å². The normalized spacial score (nSPS) is 10.9. The molecule has 0 radical (unpaired) electrons. The molecule has 0 atom stereocenters. The van der Waals surface area contributed by atoms with E-state index in [-0.39, 0.29) is 10.8 Å². The number of halogens is 1. The highest BCUT2D eigenvalue weighted by molar-refractivity contribution is 6.28. The van der Waals surface area contributed by atoms with Crippen LogP contribution in [0.4, 0.5) is 0 Å². The zero-order valence-corrected chi connectivity index (χ0v) is 7.67. The van der Waals surface area contributed by atoms with Crippen LogP contribution in [-0.2, 0) is 6.54 Å². The van der Waals surface area contributed by atoms with E-state index >= 15 is 0 Å². The van der Waals surface area contributed by atoms with Gasteiger partial charge in [-0.2, -0.15) is 4.98 Å². The van der Waals surface area contributed by atoms with Crippen LogP contribution in [0.1, 0.15) is 6.92 Å². The molecule has 0 unspecified atom stereocenters. The van der Waals surface area contributed by atoms with E-state index in [9.17, 15) is 4.79 Å². The zero-order chi connectivity index (χ0) is 9.42. The van der Waals surface area contributed by atoms with Crippen LogP contribution in [0.3, 0.4) is 0 Å². The molecule has 6 heteroatoms. The number of aryl methyl sites for hydroxylation is 1. The van der Waals surface area contributed by atoms with Crippen molar-refractivity contribution in [3.8, 4) is 0 Å². The van der Waals surface area contributed by atoms with Gasteiger partial charge in [0.25, 0.3) is 5.56 Å². The summed E-state index contributed by atoms with van der Waals surface area (Å²) >= 11 is 5.60. The van der Waals surface area contributed by atoms with Crippen LogP contribution in [0.15, 0.2) is 11.1 Å². The fourth-order valence-corrected chi connectivity index (χ4v) is 1.32. The van der Waals surface area contributed by atoms with E-state index in [1.165, 1.54) is 0 Å². The van der Waals surface area contributed by atoms with Gasteiger partial charge in [0, 0.05) is 6.54 Å². The van der Waals surface area contributed by atoms with E-state index in [1.807, 2.05) is 6.92 Å². The number of nitrogens with zero attached hydrogens (tertiary/aromatic N) is 3. The summed E-state index contributed by atoms with van der Waals surface area (Å²) in [6, 6.07) is 0. The third-order valence-corrected chi connectivity index (χ3v) is 1.97. The predicted octanol–water partition coefficient (Wildman–Crippen LogP) is 0.793. The predicted molar refractivity (Wildman–Crippen MR) is 48.8 cm³/mol. The molecule has 2 aromatic heterocycles. The lowest BCUT2D eigenvalue weighted by Gasteiger charge is -1.96. The maximum absolute atomic E-state index is 11.3. The Kier molecular flexibility index (Phi) is 1.81. The Morgan fingerprint density at radius 3 is 3.15 bits per heavy atom. The average molecular weight is 199 g/mol. The molecule has 0 aliphatic heterocycles. The average Bonchev–Trinajstić information content (AvgIpc) is 2.47. The molecule has 13 heavy (non-hydrogen) atoms. The van der Waals surface area contributed by atoms with Crippen LogP contribution < -0.4 is 5.56 Å². The standard InChI is InChI=1S/C7H7ClN4O/c1-2-12-3-9-4-5(12)10-7(8)11-6(4)13/h3H,2H2,1H3,(H,10,11,13). The Labute approximate surface area is 78.4 Å². The molecule has 0 fully saturated rings. The number of H-pyrrole nitrogens is 1. The molecule has 0 spiro atoms. The second kappa shape index (κ2) is 2.85. The number of rotatable bonds is 1. The van der Waals surface area contributed by atoms with Crippen molar-refractivity contribution in [2.45, 2.75) is 13.5 Å². The first-order chi connectivity index (χ1) is 6.22. The van der Waals surface area contributed by atoms with Gasteiger partial charge in [-0.05, 0) is 18.5 Å². The van der Waals surface area contributed by atoms with Crippen LogP contribution in [0, 0.1) is 0 Å². The van der Waals surface area contributed by atoms with Crippen LogP contribution in [0.5, 0.6) is 0 Å². The molecule has 0 aliphatic rings. The molecule has 0 bridgehead atoms. The number of fused-ring (bicyclic) bond motifs is 1. The van der Waals surface area contributed by atoms with E-state index in [0.717, 1.165) is 0 Å². The van der Waals surface area contributed by atoms with Crippen LogP contribution in [-0.4, -0.2) is 19.5 Å². The minimum absolute atomic E-state index is 0.0905. The Bertz CT molecular complexity index is 501. The fraction of sp³-hybridized carbons (Fsp3) is 0.286. The third kappa shape index (κ3) is 1.21. The van der Waals surface area contributed by atoms with Gasteiger partial charge in [-0.3, -0.25) is 9.78 Å². The van der Waals surface area contributed by atoms with Gasteiger partial charge in [0.15, 0.2) is 11.2 Å². The minimum Gasteiger partial charge on any atom is -0.315 e. The van der Waals surface area contributed by atoms with Crippen molar-refractivity contribution < 1.29 is 0 Å². The van der Waals surface area contributed by atoms with Crippen LogP contribution in [0.2, 0.25) is 5.28 Å². The summed E-state index contributed by atoms with van der Waals surface area (Å²) in [5, 5.41) is 0.0905. The zero-order valence-electron chi connectivity index (χ0n) is 6.91. The molecule has 0 amide bonds. The smallest absolute Gasteiger partial charge is 0.280 e. The topological polar surface area (TPSA) is 63.6 Å². The quantitative estimate of drug-likeness (QED) is 0.690. The van der Waals surface area contributed by atoms with Gasteiger partial charge in [-0.25, -0.2) is 4.98 Å². The van der Waals surface area contributed by atoms with E-state index in [1.54, 1.807) is 10.9 Å². The van der Waals surface area contributed by atoms with Crippen molar-refractivity contribution in [3.63, 3.8) is 0 Å². The molecule has 0 saturated heterocycles. The van der Waals surface area contributed by atoms with Gasteiger partial charge in [-0.1, -0.05) is 0 Å². The van der Waals surface area contributed by atoms with Gasteiger partial charge in [0.05, 0.1) is 6.33 Å². The summed E-state index contributed by atoms with van der Waals surface area (Å²) in [6.45, 7) is 2.65. The van der Waals surface area contributed by atoms with Crippen molar-refractivity contribution in [2.24, 2.45) is 0 Å². The molecule has 5 nitrogen and oxygen atoms in total. The first-order valence-corrected chi connectivity index (χ1v) is 4.21. The molecule has 2 rings (SSSR count). The van der Waals surface area contributed by atoms with E-state index in [0.29, 0.717) is 17.7 Å². The number of nitrogens with one attached hydrogen (secondary N) is 1. The number of hydrogen-bond acceptors (Lipinski definition) is 3. The first kappa shape index (κ1) is 8.25. The molecule has 0 aliphatic carbocycles. The lowest BCUT2D eigenvalue weighted by Crippen LogP contribution is -2.08.